The highest BCUT2D eigenvalue weighted by molar-refractivity contribution is 5.29. The van der Waals surface area contributed by atoms with Crippen molar-refractivity contribution in [3.8, 4) is 0 Å². The van der Waals surface area contributed by atoms with E-state index < -0.39 is 0 Å². The zero-order valence-electron chi connectivity index (χ0n) is 14.1. The van der Waals surface area contributed by atoms with Crippen LogP contribution in [-0.2, 0) is 0 Å². The van der Waals surface area contributed by atoms with Crippen LogP contribution in [0, 0.1) is 17.8 Å². The Bertz CT molecular complexity index is 441. The van der Waals surface area contributed by atoms with Gasteiger partial charge in [-0.1, -0.05) is 34.6 Å². The topological polar surface area (TPSA) is 29.9 Å². The standard InChI is InChI=1S/C17H31N3/c1-7-8-18-15-19-13(2)11-20(15)14-9-16(3,4)12-17(5,6)10-14/h11,14H,7-10,12H2,1-6H3,(H,18,19). The maximum absolute atomic E-state index is 4.67. The molecule has 0 unspecified atom stereocenters. The Morgan fingerprint density at radius 3 is 2.40 bits per heavy atom. The Morgan fingerprint density at radius 2 is 1.85 bits per heavy atom. The highest BCUT2D eigenvalue weighted by Crippen LogP contribution is 2.50. The minimum absolute atomic E-state index is 0.409. The summed E-state index contributed by atoms with van der Waals surface area (Å²) in [6.07, 6.45) is 7.15. The predicted molar refractivity (Wildman–Crippen MR) is 86.2 cm³/mol. The number of anilines is 1. The first-order chi connectivity index (χ1) is 9.22. The average Bonchev–Trinajstić information content (AvgIpc) is 2.63. The summed E-state index contributed by atoms with van der Waals surface area (Å²) in [5.41, 5.74) is 1.93. The zero-order valence-corrected chi connectivity index (χ0v) is 14.1. The van der Waals surface area contributed by atoms with Gasteiger partial charge in [-0.05, 0) is 43.4 Å². The average molecular weight is 277 g/mol. The van der Waals surface area contributed by atoms with Gasteiger partial charge in [0.1, 0.15) is 0 Å². The van der Waals surface area contributed by atoms with Crippen LogP contribution in [0.2, 0.25) is 0 Å². The Balaban J connectivity index is 2.26. The zero-order chi connectivity index (χ0) is 15.0. The molecular formula is C17H31N3. The van der Waals surface area contributed by atoms with Crippen molar-refractivity contribution < 1.29 is 0 Å². The van der Waals surface area contributed by atoms with Crippen LogP contribution in [-0.4, -0.2) is 16.1 Å². The molecule has 1 aliphatic carbocycles. The van der Waals surface area contributed by atoms with E-state index in [0.717, 1.165) is 24.6 Å². The fraction of sp³-hybridized carbons (Fsp3) is 0.824. The van der Waals surface area contributed by atoms with E-state index in [4.69, 9.17) is 0 Å². The Labute approximate surface area is 124 Å². The minimum Gasteiger partial charge on any atom is -0.356 e. The van der Waals surface area contributed by atoms with Crippen molar-refractivity contribution in [2.45, 2.75) is 73.3 Å². The van der Waals surface area contributed by atoms with Crippen LogP contribution in [0.5, 0.6) is 0 Å². The van der Waals surface area contributed by atoms with E-state index in [1.807, 2.05) is 0 Å². The van der Waals surface area contributed by atoms with Crippen LogP contribution in [0.4, 0.5) is 5.95 Å². The molecule has 0 bridgehead atoms. The van der Waals surface area contributed by atoms with E-state index in [0.29, 0.717) is 16.9 Å². The molecule has 1 heterocycles. The normalized spacial score (nSPS) is 21.9. The second-order valence-electron chi connectivity index (χ2n) is 8.11. The summed E-state index contributed by atoms with van der Waals surface area (Å²) in [4.78, 5) is 4.67. The number of imidazole rings is 1. The number of aryl methyl sites for hydroxylation is 1. The third-order valence-electron chi connectivity index (χ3n) is 4.31. The number of nitrogens with one attached hydrogen (secondary N) is 1. The van der Waals surface area contributed by atoms with Gasteiger partial charge in [0.25, 0.3) is 0 Å². The summed E-state index contributed by atoms with van der Waals surface area (Å²) in [6.45, 7) is 14.9. The molecule has 1 N–H and O–H groups in total. The molecule has 0 saturated heterocycles. The van der Waals surface area contributed by atoms with Crippen molar-refractivity contribution in [2.75, 3.05) is 11.9 Å². The lowest BCUT2D eigenvalue weighted by Crippen LogP contribution is -2.35. The van der Waals surface area contributed by atoms with Crippen LogP contribution >= 0.6 is 0 Å². The minimum atomic E-state index is 0.409. The summed E-state index contributed by atoms with van der Waals surface area (Å²) >= 11 is 0. The van der Waals surface area contributed by atoms with E-state index in [9.17, 15) is 0 Å². The van der Waals surface area contributed by atoms with Gasteiger partial charge >= 0.3 is 0 Å². The maximum atomic E-state index is 4.67. The van der Waals surface area contributed by atoms with Crippen molar-refractivity contribution in [1.29, 1.82) is 0 Å². The first kappa shape index (κ1) is 15.4. The van der Waals surface area contributed by atoms with Crippen LogP contribution in [0.1, 0.15) is 72.0 Å². The number of hydrogen-bond acceptors (Lipinski definition) is 2. The third kappa shape index (κ3) is 3.56. The number of rotatable bonds is 4. The molecule has 3 heteroatoms. The Morgan fingerprint density at radius 1 is 1.25 bits per heavy atom. The van der Waals surface area contributed by atoms with E-state index in [1.54, 1.807) is 0 Å². The Kier molecular flexibility index (Phi) is 4.17. The largest absolute Gasteiger partial charge is 0.356 e. The van der Waals surface area contributed by atoms with Gasteiger partial charge in [0.05, 0.1) is 5.69 Å². The van der Waals surface area contributed by atoms with Gasteiger partial charge in [0.15, 0.2) is 0 Å². The first-order valence-electron chi connectivity index (χ1n) is 8.02. The van der Waals surface area contributed by atoms with Gasteiger partial charge in [-0.15, -0.1) is 0 Å². The van der Waals surface area contributed by atoms with Crippen LogP contribution < -0.4 is 5.32 Å². The molecule has 0 atom stereocenters. The quantitative estimate of drug-likeness (QED) is 0.857. The van der Waals surface area contributed by atoms with Crippen molar-refractivity contribution >= 4 is 5.95 Å². The lowest BCUT2D eigenvalue weighted by atomic mass is 9.63. The molecular weight excluding hydrogens is 246 g/mol. The molecule has 1 aromatic heterocycles. The lowest BCUT2D eigenvalue weighted by molar-refractivity contribution is 0.0730. The summed E-state index contributed by atoms with van der Waals surface area (Å²) in [6, 6.07) is 0.564. The summed E-state index contributed by atoms with van der Waals surface area (Å²) < 4.78 is 2.40. The van der Waals surface area contributed by atoms with Crippen molar-refractivity contribution in [2.24, 2.45) is 10.8 Å². The van der Waals surface area contributed by atoms with Gasteiger partial charge < -0.3 is 9.88 Å². The molecule has 1 aliphatic rings. The van der Waals surface area contributed by atoms with Gasteiger partial charge in [-0.2, -0.15) is 0 Å². The second kappa shape index (κ2) is 5.42. The summed E-state index contributed by atoms with van der Waals surface area (Å²) in [7, 11) is 0. The second-order valence-corrected chi connectivity index (χ2v) is 8.11. The molecule has 1 fully saturated rings. The summed E-state index contributed by atoms with van der Waals surface area (Å²) in [5, 5.41) is 3.49. The highest BCUT2D eigenvalue weighted by atomic mass is 15.2. The van der Waals surface area contributed by atoms with E-state index in [1.165, 1.54) is 19.3 Å². The molecule has 1 aromatic rings. The maximum Gasteiger partial charge on any atom is 0.203 e. The SMILES string of the molecule is CCCNc1nc(C)cn1C1CC(C)(C)CC(C)(C)C1. The van der Waals surface area contributed by atoms with E-state index >= 15 is 0 Å². The van der Waals surface area contributed by atoms with Crippen LogP contribution in [0.3, 0.4) is 0 Å². The third-order valence-corrected chi connectivity index (χ3v) is 4.31. The van der Waals surface area contributed by atoms with Gasteiger partial charge in [0.2, 0.25) is 5.95 Å². The molecule has 20 heavy (non-hydrogen) atoms. The van der Waals surface area contributed by atoms with Crippen LogP contribution in [0.25, 0.3) is 0 Å². The van der Waals surface area contributed by atoms with Crippen molar-refractivity contribution in [1.82, 2.24) is 9.55 Å². The molecule has 2 rings (SSSR count). The molecule has 0 aromatic carbocycles. The van der Waals surface area contributed by atoms with Crippen molar-refractivity contribution in [3.05, 3.63) is 11.9 Å². The smallest absolute Gasteiger partial charge is 0.203 e. The van der Waals surface area contributed by atoms with Gasteiger partial charge in [-0.3, -0.25) is 0 Å². The van der Waals surface area contributed by atoms with Crippen LogP contribution in [0.15, 0.2) is 6.20 Å². The molecule has 0 aliphatic heterocycles. The lowest BCUT2D eigenvalue weighted by Gasteiger charge is -2.45. The molecule has 0 amide bonds. The fourth-order valence-corrected chi connectivity index (χ4v) is 4.15. The first-order valence-corrected chi connectivity index (χ1v) is 8.02. The molecule has 3 nitrogen and oxygen atoms in total. The molecule has 0 spiro atoms. The molecule has 0 radical (unpaired) electrons. The van der Waals surface area contributed by atoms with Gasteiger partial charge in [0, 0.05) is 18.8 Å². The number of nitrogens with zero attached hydrogens (tertiary/aromatic N) is 2. The summed E-state index contributed by atoms with van der Waals surface area (Å²) in [5.74, 6) is 1.06. The number of aromatic nitrogens is 2. The van der Waals surface area contributed by atoms with Gasteiger partial charge in [-0.25, -0.2) is 4.98 Å². The highest BCUT2D eigenvalue weighted by Gasteiger charge is 2.39. The van der Waals surface area contributed by atoms with Crippen molar-refractivity contribution in [3.63, 3.8) is 0 Å². The van der Waals surface area contributed by atoms with E-state index in [2.05, 4.69) is 62.6 Å². The predicted octanol–water partition coefficient (Wildman–Crippen LogP) is 4.79. The molecule has 1 saturated carbocycles. The fourth-order valence-electron chi connectivity index (χ4n) is 4.15. The number of hydrogen-bond donors (Lipinski definition) is 1. The monoisotopic (exact) mass is 277 g/mol. The van der Waals surface area contributed by atoms with E-state index in [-0.39, 0.29) is 0 Å². The Hall–Kier alpha value is -0.990. The molecule has 114 valence electrons.